The highest BCUT2D eigenvalue weighted by Gasteiger charge is 2.15. The summed E-state index contributed by atoms with van der Waals surface area (Å²) in [6, 6.07) is 8.38. The maximum absolute atomic E-state index is 4.74. The van der Waals surface area contributed by atoms with Gasteiger partial charge < -0.3 is 9.88 Å². The Morgan fingerprint density at radius 1 is 1.32 bits per heavy atom. The fourth-order valence-electron chi connectivity index (χ4n) is 2.74. The third kappa shape index (κ3) is 1.53. The normalized spacial score (nSPS) is 13.5. The van der Waals surface area contributed by atoms with Crippen LogP contribution in [0, 0.1) is 0 Å². The third-order valence-electron chi connectivity index (χ3n) is 3.74. The van der Waals surface area contributed by atoms with E-state index in [9.17, 15) is 0 Å². The van der Waals surface area contributed by atoms with Crippen LogP contribution in [0.1, 0.15) is 5.56 Å². The van der Waals surface area contributed by atoms with Crippen LogP contribution in [0.15, 0.2) is 36.7 Å². The van der Waals surface area contributed by atoms with E-state index in [4.69, 9.17) is 4.98 Å². The lowest BCUT2D eigenvalue weighted by Gasteiger charge is -2.02. The van der Waals surface area contributed by atoms with Gasteiger partial charge in [-0.3, -0.25) is 4.98 Å². The first kappa shape index (κ1) is 10.6. The van der Waals surface area contributed by atoms with Crippen LogP contribution in [0.3, 0.4) is 0 Å². The highest BCUT2D eigenvalue weighted by Crippen LogP contribution is 2.30. The molecule has 3 aromatic rings. The molecule has 0 bridgehead atoms. The zero-order chi connectivity index (χ0) is 12.8. The molecule has 0 spiro atoms. The number of rotatable bonds is 1. The molecule has 0 fully saturated rings. The van der Waals surface area contributed by atoms with E-state index in [0.29, 0.717) is 0 Å². The minimum atomic E-state index is 0.965. The van der Waals surface area contributed by atoms with Gasteiger partial charge in [0.05, 0.1) is 11.0 Å². The first-order valence-corrected chi connectivity index (χ1v) is 6.46. The van der Waals surface area contributed by atoms with E-state index in [1.165, 1.54) is 16.8 Å². The fourth-order valence-corrected chi connectivity index (χ4v) is 2.74. The minimum Gasteiger partial charge on any atom is -0.384 e. The average molecular weight is 250 g/mol. The molecule has 1 aliphatic heterocycles. The lowest BCUT2D eigenvalue weighted by molar-refractivity contribution is 0.956. The van der Waals surface area contributed by atoms with E-state index < -0.39 is 0 Å². The van der Waals surface area contributed by atoms with Gasteiger partial charge in [-0.25, -0.2) is 4.98 Å². The summed E-state index contributed by atoms with van der Waals surface area (Å²) >= 11 is 0. The molecule has 0 radical (unpaired) electrons. The van der Waals surface area contributed by atoms with E-state index in [1.54, 1.807) is 6.20 Å². The SMILES string of the molecule is Cn1c(-c2cccnc2)nc2cc3c(cc21)CCN3. The molecular weight excluding hydrogens is 236 g/mol. The third-order valence-corrected chi connectivity index (χ3v) is 3.74. The fraction of sp³-hybridized carbons (Fsp3) is 0.200. The summed E-state index contributed by atoms with van der Waals surface area (Å²) in [5.74, 6) is 0.965. The van der Waals surface area contributed by atoms with Gasteiger partial charge in [0.1, 0.15) is 5.82 Å². The Kier molecular flexibility index (Phi) is 2.12. The summed E-state index contributed by atoms with van der Waals surface area (Å²) < 4.78 is 2.14. The second kappa shape index (κ2) is 3.82. The van der Waals surface area contributed by atoms with E-state index in [-0.39, 0.29) is 0 Å². The Labute approximate surface area is 111 Å². The molecular formula is C15H14N4. The molecule has 0 atom stereocenters. The number of benzene rings is 1. The number of aromatic nitrogens is 3. The van der Waals surface area contributed by atoms with Crippen LogP contribution >= 0.6 is 0 Å². The number of fused-ring (bicyclic) bond motifs is 2. The van der Waals surface area contributed by atoms with E-state index >= 15 is 0 Å². The summed E-state index contributed by atoms with van der Waals surface area (Å²) in [5.41, 5.74) is 5.88. The van der Waals surface area contributed by atoms with Crippen molar-refractivity contribution in [1.29, 1.82) is 0 Å². The summed E-state index contributed by atoms with van der Waals surface area (Å²) in [5, 5.41) is 3.40. The van der Waals surface area contributed by atoms with Crippen molar-refractivity contribution >= 4 is 16.7 Å². The number of imidazole rings is 1. The Hall–Kier alpha value is -2.36. The topological polar surface area (TPSA) is 42.7 Å². The summed E-state index contributed by atoms with van der Waals surface area (Å²) in [7, 11) is 2.06. The van der Waals surface area contributed by atoms with Gasteiger partial charge in [0.15, 0.2) is 0 Å². The van der Waals surface area contributed by atoms with Crippen molar-refractivity contribution in [2.24, 2.45) is 7.05 Å². The number of hydrogen-bond acceptors (Lipinski definition) is 3. The molecule has 4 rings (SSSR count). The first-order chi connectivity index (χ1) is 9.33. The van der Waals surface area contributed by atoms with Crippen molar-refractivity contribution in [1.82, 2.24) is 14.5 Å². The molecule has 0 unspecified atom stereocenters. The van der Waals surface area contributed by atoms with E-state index in [1.807, 2.05) is 18.3 Å². The van der Waals surface area contributed by atoms with Crippen LogP contribution in [0.4, 0.5) is 5.69 Å². The van der Waals surface area contributed by atoms with Crippen molar-refractivity contribution in [2.45, 2.75) is 6.42 Å². The van der Waals surface area contributed by atoms with Gasteiger partial charge in [0.2, 0.25) is 0 Å². The maximum atomic E-state index is 4.74. The Morgan fingerprint density at radius 3 is 3.11 bits per heavy atom. The maximum Gasteiger partial charge on any atom is 0.142 e. The molecule has 0 saturated heterocycles. The molecule has 94 valence electrons. The van der Waals surface area contributed by atoms with Crippen molar-refractivity contribution in [2.75, 3.05) is 11.9 Å². The lowest BCUT2D eigenvalue weighted by Crippen LogP contribution is -1.93. The number of pyridine rings is 1. The molecule has 1 aliphatic rings. The molecule has 4 nitrogen and oxygen atoms in total. The van der Waals surface area contributed by atoms with Crippen LogP contribution in [0.5, 0.6) is 0 Å². The van der Waals surface area contributed by atoms with E-state index in [0.717, 1.165) is 29.9 Å². The van der Waals surface area contributed by atoms with Crippen molar-refractivity contribution < 1.29 is 0 Å². The zero-order valence-electron chi connectivity index (χ0n) is 10.7. The number of anilines is 1. The standard InChI is InChI=1S/C15H14N4/c1-19-14-7-10-4-6-17-12(10)8-13(14)18-15(19)11-3-2-5-16-9-11/h2-3,5,7-9,17H,4,6H2,1H3. The van der Waals surface area contributed by atoms with Crippen molar-refractivity contribution in [3.63, 3.8) is 0 Å². The van der Waals surface area contributed by atoms with Gasteiger partial charge in [0, 0.05) is 37.2 Å². The highest BCUT2D eigenvalue weighted by atomic mass is 15.1. The molecule has 19 heavy (non-hydrogen) atoms. The Morgan fingerprint density at radius 2 is 2.26 bits per heavy atom. The summed E-state index contributed by atoms with van der Waals surface area (Å²) in [4.78, 5) is 8.91. The minimum absolute atomic E-state index is 0.965. The van der Waals surface area contributed by atoms with Gasteiger partial charge in [-0.15, -0.1) is 0 Å². The van der Waals surface area contributed by atoms with Crippen molar-refractivity contribution in [3.05, 3.63) is 42.2 Å². The smallest absolute Gasteiger partial charge is 0.142 e. The van der Waals surface area contributed by atoms with Crippen molar-refractivity contribution in [3.8, 4) is 11.4 Å². The molecule has 4 heteroatoms. The highest BCUT2D eigenvalue weighted by molar-refractivity contribution is 5.85. The lowest BCUT2D eigenvalue weighted by atomic mass is 10.1. The van der Waals surface area contributed by atoms with Gasteiger partial charge in [0.25, 0.3) is 0 Å². The second-order valence-electron chi connectivity index (χ2n) is 4.91. The van der Waals surface area contributed by atoms with E-state index in [2.05, 4.69) is 34.0 Å². The quantitative estimate of drug-likeness (QED) is 0.722. The van der Waals surface area contributed by atoms with Gasteiger partial charge in [-0.1, -0.05) is 0 Å². The number of hydrogen-bond donors (Lipinski definition) is 1. The largest absolute Gasteiger partial charge is 0.384 e. The second-order valence-corrected chi connectivity index (χ2v) is 4.91. The number of aryl methyl sites for hydroxylation is 1. The van der Waals surface area contributed by atoms with Crippen LogP contribution in [-0.4, -0.2) is 21.1 Å². The van der Waals surface area contributed by atoms with Crippen LogP contribution in [0.25, 0.3) is 22.4 Å². The predicted molar refractivity (Wildman–Crippen MR) is 76.1 cm³/mol. The molecule has 0 aliphatic carbocycles. The van der Waals surface area contributed by atoms with Crippen LogP contribution in [0.2, 0.25) is 0 Å². The summed E-state index contributed by atoms with van der Waals surface area (Å²) in [6.45, 7) is 1.03. The van der Waals surface area contributed by atoms with Crippen LogP contribution in [-0.2, 0) is 13.5 Å². The molecule has 1 N–H and O–H groups in total. The molecule has 1 aromatic carbocycles. The monoisotopic (exact) mass is 250 g/mol. The molecule has 2 aromatic heterocycles. The average Bonchev–Trinajstić information content (AvgIpc) is 3.02. The molecule has 3 heterocycles. The predicted octanol–water partition coefficient (Wildman–Crippen LogP) is 2.60. The number of nitrogens with one attached hydrogen (secondary N) is 1. The first-order valence-electron chi connectivity index (χ1n) is 6.46. The summed E-state index contributed by atoms with van der Waals surface area (Å²) in [6.07, 6.45) is 4.73. The van der Waals surface area contributed by atoms with Gasteiger partial charge in [-0.05, 0) is 36.2 Å². The number of nitrogens with zero attached hydrogens (tertiary/aromatic N) is 3. The molecule has 0 saturated carbocycles. The van der Waals surface area contributed by atoms with Gasteiger partial charge in [-0.2, -0.15) is 0 Å². The van der Waals surface area contributed by atoms with Crippen LogP contribution < -0.4 is 5.32 Å². The Bertz CT molecular complexity index is 759. The molecule has 0 amide bonds. The van der Waals surface area contributed by atoms with Gasteiger partial charge >= 0.3 is 0 Å². The zero-order valence-corrected chi connectivity index (χ0v) is 10.7. The Balaban J connectivity index is 1.97.